The van der Waals surface area contributed by atoms with E-state index in [9.17, 15) is 0 Å². The molecule has 0 aromatic heterocycles. The molecule has 60 valence electrons. The summed E-state index contributed by atoms with van der Waals surface area (Å²) in [4.78, 5) is 1.11. The maximum absolute atomic E-state index is 5.93. The van der Waals surface area contributed by atoms with Crippen molar-refractivity contribution < 1.29 is 0 Å². The van der Waals surface area contributed by atoms with Crippen LogP contribution < -0.4 is 0 Å². The van der Waals surface area contributed by atoms with Crippen molar-refractivity contribution in [1.82, 2.24) is 0 Å². The fourth-order valence-corrected chi connectivity index (χ4v) is 2.41. The highest BCUT2D eigenvalue weighted by Crippen LogP contribution is 2.31. The Morgan fingerprint density at radius 3 is 2.36 bits per heavy atom. The molecule has 0 bridgehead atoms. The van der Waals surface area contributed by atoms with Crippen molar-refractivity contribution in [1.29, 1.82) is 0 Å². The summed E-state index contributed by atoms with van der Waals surface area (Å²) in [6, 6.07) is 3.68. The monoisotopic (exact) mass is 206 g/mol. The van der Waals surface area contributed by atoms with E-state index in [4.69, 9.17) is 23.2 Å². The zero-order chi connectivity index (χ0) is 8.43. The highest BCUT2D eigenvalue weighted by atomic mass is 35.5. The highest BCUT2D eigenvalue weighted by molar-refractivity contribution is 7.98. The minimum atomic E-state index is 0.699. The van der Waals surface area contributed by atoms with Crippen molar-refractivity contribution in [2.45, 2.75) is 11.8 Å². The summed E-state index contributed by atoms with van der Waals surface area (Å²) in [6.45, 7) is 2.00. The van der Waals surface area contributed by atoms with Gasteiger partial charge in [-0.15, -0.1) is 11.8 Å². The second kappa shape index (κ2) is 3.70. The van der Waals surface area contributed by atoms with Crippen molar-refractivity contribution >= 4 is 35.0 Å². The van der Waals surface area contributed by atoms with Gasteiger partial charge in [-0.05, 0) is 30.9 Å². The maximum Gasteiger partial charge on any atom is 0.0559 e. The van der Waals surface area contributed by atoms with Gasteiger partial charge in [-0.1, -0.05) is 23.2 Å². The molecule has 0 saturated carbocycles. The number of hydrogen-bond donors (Lipinski definition) is 0. The van der Waals surface area contributed by atoms with Crippen LogP contribution in [-0.2, 0) is 0 Å². The first-order valence-corrected chi connectivity index (χ1v) is 5.13. The lowest BCUT2D eigenvalue weighted by atomic mass is 10.2. The Kier molecular flexibility index (Phi) is 3.11. The van der Waals surface area contributed by atoms with Crippen LogP contribution in [0.4, 0.5) is 0 Å². The number of thioether (sulfide) groups is 1. The van der Waals surface area contributed by atoms with Crippen LogP contribution in [0.1, 0.15) is 5.56 Å². The topological polar surface area (TPSA) is 0 Å². The summed E-state index contributed by atoms with van der Waals surface area (Å²) < 4.78 is 0. The van der Waals surface area contributed by atoms with Gasteiger partial charge in [0.25, 0.3) is 0 Å². The molecule has 1 rings (SSSR count). The molecule has 0 nitrogen and oxygen atoms in total. The van der Waals surface area contributed by atoms with Crippen molar-refractivity contribution in [2.75, 3.05) is 6.26 Å². The minimum absolute atomic E-state index is 0.699. The summed E-state index contributed by atoms with van der Waals surface area (Å²) in [7, 11) is 0. The first-order valence-electron chi connectivity index (χ1n) is 3.15. The summed E-state index contributed by atoms with van der Waals surface area (Å²) in [5, 5.41) is 1.44. The molecule has 0 aliphatic heterocycles. The zero-order valence-electron chi connectivity index (χ0n) is 6.32. The number of rotatable bonds is 1. The number of aryl methyl sites for hydroxylation is 1. The first kappa shape index (κ1) is 9.24. The number of benzene rings is 1. The molecule has 0 spiro atoms. The third kappa shape index (κ3) is 2.05. The van der Waals surface area contributed by atoms with Crippen molar-refractivity contribution in [2.24, 2.45) is 0 Å². The van der Waals surface area contributed by atoms with Crippen LogP contribution in [0.25, 0.3) is 0 Å². The SMILES string of the molecule is CSc1c(C)cc(Cl)cc1Cl. The molecule has 0 N–H and O–H groups in total. The van der Waals surface area contributed by atoms with E-state index in [1.807, 2.05) is 19.2 Å². The molecule has 1 aromatic rings. The fraction of sp³-hybridized carbons (Fsp3) is 0.250. The van der Waals surface area contributed by atoms with Crippen LogP contribution in [0.3, 0.4) is 0 Å². The average Bonchev–Trinajstić information content (AvgIpc) is 1.85. The van der Waals surface area contributed by atoms with Gasteiger partial charge in [0.1, 0.15) is 0 Å². The Bertz CT molecular complexity index is 248. The van der Waals surface area contributed by atoms with Crippen LogP contribution in [0.15, 0.2) is 17.0 Å². The molecule has 0 aliphatic rings. The van der Waals surface area contributed by atoms with E-state index in [0.29, 0.717) is 5.02 Å². The molecule has 0 heterocycles. The Morgan fingerprint density at radius 2 is 1.91 bits per heavy atom. The van der Waals surface area contributed by atoms with Crippen LogP contribution in [0.5, 0.6) is 0 Å². The van der Waals surface area contributed by atoms with Crippen LogP contribution in [0.2, 0.25) is 10.0 Å². The van der Waals surface area contributed by atoms with Crippen molar-refractivity contribution in [3.63, 3.8) is 0 Å². The van der Waals surface area contributed by atoms with Crippen LogP contribution in [-0.4, -0.2) is 6.26 Å². The molecule has 1 aromatic carbocycles. The number of hydrogen-bond acceptors (Lipinski definition) is 1. The lowest BCUT2D eigenvalue weighted by Gasteiger charge is -2.04. The molecule has 11 heavy (non-hydrogen) atoms. The molecule has 3 heteroatoms. The summed E-state index contributed by atoms with van der Waals surface area (Å²) in [6.07, 6.45) is 2.00. The Labute approximate surface area is 80.9 Å². The summed E-state index contributed by atoms with van der Waals surface area (Å²) in [5.41, 5.74) is 1.13. The summed E-state index contributed by atoms with van der Waals surface area (Å²) >= 11 is 13.4. The molecule has 0 radical (unpaired) electrons. The largest absolute Gasteiger partial charge is 0.128 e. The molecular formula is C8H8Cl2S. The maximum atomic E-state index is 5.93. The molecule has 0 amide bonds. The van der Waals surface area contributed by atoms with Gasteiger partial charge in [-0.3, -0.25) is 0 Å². The molecule has 0 aliphatic carbocycles. The smallest absolute Gasteiger partial charge is 0.0559 e. The molecule has 0 atom stereocenters. The van der Waals surface area contributed by atoms with Gasteiger partial charge in [0, 0.05) is 9.92 Å². The Morgan fingerprint density at radius 1 is 1.27 bits per heavy atom. The number of halogens is 2. The van der Waals surface area contributed by atoms with Gasteiger partial charge < -0.3 is 0 Å². The third-order valence-corrected chi connectivity index (χ3v) is 2.98. The van der Waals surface area contributed by atoms with Gasteiger partial charge in [0.15, 0.2) is 0 Å². The van der Waals surface area contributed by atoms with Gasteiger partial charge in [0.05, 0.1) is 5.02 Å². The van der Waals surface area contributed by atoms with Crippen LogP contribution in [0, 0.1) is 6.92 Å². The lowest BCUT2D eigenvalue weighted by Crippen LogP contribution is -1.80. The normalized spacial score (nSPS) is 10.2. The Hall–Kier alpha value is 0.150. The minimum Gasteiger partial charge on any atom is -0.128 e. The Balaban J connectivity index is 3.25. The molecular weight excluding hydrogens is 199 g/mol. The van der Waals surface area contributed by atoms with Crippen molar-refractivity contribution in [3.8, 4) is 0 Å². The van der Waals surface area contributed by atoms with Gasteiger partial charge in [-0.25, -0.2) is 0 Å². The van der Waals surface area contributed by atoms with Gasteiger partial charge in [-0.2, -0.15) is 0 Å². The standard InChI is InChI=1S/C8H8Cl2S/c1-5-3-6(9)4-7(10)8(5)11-2/h3-4H,1-2H3. The molecule has 0 fully saturated rings. The third-order valence-electron chi connectivity index (χ3n) is 1.40. The van der Waals surface area contributed by atoms with E-state index in [2.05, 4.69) is 0 Å². The van der Waals surface area contributed by atoms with E-state index >= 15 is 0 Å². The average molecular weight is 207 g/mol. The predicted molar refractivity (Wildman–Crippen MR) is 53.0 cm³/mol. The summed E-state index contributed by atoms with van der Waals surface area (Å²) in [5.74, 6) is 0. The van der Waals surface area contributed by atoms with Crippen LogP contribution >= 0.6 is 35.0 Å². The second-order valence-corrected chi connectivity index (χ2v) is 3.90. The highest BCUT2D eigenvalue weighted by Gasteiger charge is 2.03. The predicted octanol–water partition coefficient (Wildman–Crippen LogP) is 4.02. The van der Waals surface area contributed by atoms with E-state index in [1.54, 1.807) is 17.8 Å². The second-order valence-electron chi connectivity index (χ2n) is 2.24. The van der Waals surface area contributed by atoms with Gasteiger partial charge >= 0.3 is 0 Å². The van der Waals surface area contributed by atoms with E-state index in [-0.39, 0.29) is 0 Å². The fourth-order valence-electron chi connectivity index (χ4n) is 0.948. The van der Waals surface area contributed by atoms with E-state index in [1.165, 1.54) is 0 Å². The molecule has 0 unspecified atom stereocenters. The molecule has 0 saturated heterocycles. The zero-order valence-corrected chi connectivity index (χ0v) is 8.65. The van der Waals surface area contributed by atoms with E-state index < -0.39 is 0 Å². The quantitative estimate of drug-likeness (QED) is 0.626. The first-order chi connectivity index (χ1) is 5.15. The van der Waals surface area contributed by atoms with E-state index in [0.717, 1.165) is 15.5 Å². The lowest BCUT2D eigenvalue weighted by molar-refractivity contribution is 1.31. The van der Waals surface area contributed by atoms with Gasteiger partial charge in [0.2, 0.25) is 0 Å². The van der Waals surface area contributed by atoms with Crippen molar-refractivity contribution in [3.05, 3.63) is 27.7 Å².